The maximum atomic E-state index is 9.45. The van der Waals surface area contributed by atoms with Gasteiger partial charge in [-0.3, -0.25) is 4.98 Å². The molecule has 3 N–H and O–H groups in total. The van der Waals surface area contributed by atoms with E-state index in [0.29, 0.717) is 5.75 Å². The van der Waals surface area contributed by atoms with Crippen LogP contribution in [0.5, 0.6) is 5.75 Å². The number of aliphatic carboxylic acids is 1. The number of aliphatic hydroxyl groups excluding tert-OH is 1. The van der Waals surface area contributed by atoms with Crippen LogP contribution in [0.1, 0.15) is 25.2 Å². The number of carboxylic acid groups (broad SMARTS) is 1. The van der Waals surface area contributed by atoms with E-state index in [1.54, 1.807) is 12.1 Å². The second-order valence-electron chi connectivity index (χ2n) is 3.29. The van der Waals surface area contributed by atoms with Crippen molar-refractivity contribution >= 4 is 5.97 Å². The van der Waals surface area contributed by atoms with E-state index >= 15 is 0 Å². The fourth-order valence-electron chi connectivity index (χ4n) is 0.863. The molecule has 0 aliphatic carbocycles. The summed E-state index contributed by atoms with van der Waals surface area (Å²) in [6.07, 6.45) is -0.446. The molecule has 0 radical (unpaired) electrons. The summed E-state index contributed by atoms with van der Waals surface area (Å²) in [5.74, 6) is -0.886. The van der Waals surface area contributed by atoms with Crippen LogP contribution in [-0.4, -0.2) is 32.4 Å². The number of rotatable bonds is 2. The molecule has 1 aromatic heterocycles. The number of hydrogen-bond donors (Lipinski definition) is 3. The van der Waals surface area contributed by atoms with Crippen molar-refractivity contribution in [3.8, 4) is 5.75 Å². The number of aromatic hydroxyl groups is 1. The summed E-state index contributed by atoms with van der Waals surface area (Å²) in [6, 6.07) is 3.48. The van der Waals surface area contributed by atoms with Crippen molar-refractivity contribution in [3.63, 3.8) is 0 Å². The lowest BCUT2D eigenvalue weighted by molar-refractivity contribution is -0.145. The summed E-state index contributed by atoms with van der Waals surface area (Å²) in [7, 11) is 0. The molecule has 1 atom stereocenters. The van der Waals surface area contributed by atoms with E-state index in [2.05, 4.69) is 4.98 Å². The van der Waals surface area contributed by atoms with Gasteiger partial charge in [0.05, 0.1) is 5.69 Å². The number of carbonyl (C=O) groups is 1. The normalized spacial score (nSPS) is 11.2. The molecule has 1 aromatic rings. The first-order valence-corrected chi connectivity index (χ1v) is 4.94. The zero-order chi connectivity index (χ0) is 12.7. The van der Waals surface area contributed by atoms with Gasteiger partial charge in [-0.1, -0.05) is 6.92 Å². The largest absolute Gasteiger partial charge is 0.506 e. The summed E-state index contributed by atoms with van der Waals surface area (Å²) in [5.41, 5.74) is 1.73. The van der Waals surface area contributed by atoms with Gasteiger partial charge in [0.2, 0.25) is 0 Å². The number of carboxylic acids is 1. The van der Waals surface area contributed by atoms with Gasteiger partial charge >= 0.3 is 5.97 Å². The molecule has 0 bridgehead atoms. The standard InChI is InChI=1S/C8H11NO.C3H6O3/c1-3-7-8(10)5-4-6(2)9-7;1-2(4)3(5)6/h4-5,10H,3H2,1-2H3;2,4H,1H3,(H,5,6). The molecule has 0 aliphatic heterocycles. The van der Waals surface area contributed by atoms with Crippen molar-refractivity contribution in [1.82, 2.24) is 4.98 Å². The van der Waals surface area contributed by atoms with E-state index in [1.165, 1.54) is 6.92 Å². The third-order valence-corrected chi connectivity index (χ3v) is 1.78. The Labute approximate surface area is 94.4 Å². The highest BCUT2D eigenvalue weighted by molar-refractivity contribution is 5.71. The number of aryl methyl sites for hydroxylation is 2. The van der Waals surface area contributed by atoms with Crippen molar-refractivity contribution in [1.29, 1.82) is 0 Å². The molecule has 5 nitrogen and oxygen atoms in total. The van der Waals surface area contributed by atoms with Gasteiger partial charge in [0.1, 0.15) is 11.9 Å². The van der Waals surface area contributed by atoms with Crippen LogP contribution in [0.25, 0.3) is 0 Å². The maximum Gasteiger partial charge on any atom is 0.332 e. The fraction of sp³-hybridized carbons (Fsp3) is 0.455. The molecule has 0 saturated heterocycles. The van der Waals surface area contributed by atoms with Gasteiger partial charge in [-0.15, -0.1) is 0 Å². The fourth-order valence-corrected chi connectivity index (χ4v) is 0.863. The van der Waals surface area contributed by atoms with Crippen LogP contribution in [0.15, 0.2) is 12.1 Å². The number of hydrogen-bond acceptors (Lipinski definition) is 4. The number of aliphatic hydroxyl groups is 1. The topological polar surface area (TPSA) is 90.7 Å². The van der Waals surface area contributed by atoms with Crippen molar-refractivity contribution < 1.29 is 20.1 Å². The second kappa shape index (κ2) is 6.79. The van der Waals surface area contributed by atoms with E-state index in [9.17, 15) is 9.90 Å². The first-order valence-electron chi connectivity index (χ1n) is 4.94. The maximum absolute atomic E-state index is 9.45. The lowest BCUT2D eigenvalue weighted by Crippen LogP contribution is -2.13. The lowest BCUT2D eigenvalue weighted by Gasteiger charge is -1.99. The van der Waals surface area contributed by atoms with E-state index < -0.39 is 12.1 Å². The third kappa shape index (κ3) is 5.31. The van der Waals surface area contributed by atoms with Gasteiger partial charge in [0, 0.05) is 5.69 Å². The van der Waals surface area contributed by atoms with Crippen LogP contribution in [0, 0.1) is 6.92 Å². The highest BCUT2D eigenvalue weighted by Crippen LogP contribution is 2.14. The monoisotopic (exact) mass is 227 g/mol. The molecule has 16 heavy (non-hydrogen) atoms. The first-order chi connectivity index (χ1) is 7.38. The van der Waals surface area contributed by atoms with Crippen molar-refractivity contribution in [2.75, 3.05) is 0 Å². The Hall–Kier alpha value is -1.62. The van der Waals surface area contributed by atoms with E-state index in [-0.39, 0.29) is 0 Å². The minimum atomic E-state index is -1.23. The molecule has 0 saturated carbocycles. The molecule has 90 valence electrons. The minimum Gasteiger partial charge on any atom is -0.506 e. The van der Waals surface area contributed by atoms with Crippen LogP contribution >= 0.6 is 0 Å². The highest BCUT2D eigenvalue weighted by atomic mass is 16.4. The Morgan fingerprint density at radius 2 is 2.00 bits per heavy atom. The van der Waals surface area contributed by atoms with Gasteiger partial charge in [-0.05, 0) is 32.4 Å². The number of pyridine rings is 1. The zero-order valence-electron chi connectivity index (χ0n) is 9.64. The summed E-state index contributed by atoms with van der Waals surface area (Å²) in [5, 5.41) is 24.9. The number of nitrogens with zero attached hydrogens (tertiary/aromatic N) is 1. The molecule has 5 heteroatoms. The molecule has 0 aliphatic rings. The van der Waals surface area contributed by atoms with Crippen LogP contribution < -0.4 is 0 Å². The van der Waals surface area contributed by atoms with E-state index in [0.717, 1.165) is 17.8 Å². The Kier molecular flexibility index (Phi) is 6.10. The SMILES string of the molecule is CC(O)C(=O)O.CCc1nc(C)ccc1O. The molecule has 1 rings (SSSR count). The molecule has 0 aromatic carbocycles. The average molecular weight is 227 g/mol. The smallest absolute Gasteiger partial charge is 0.332 e. The van der Waals surface area contributed by atoms with E-state index in [4.69, 9.17) is 10.2 Å². The first kappa shape index (κ1) is 14.4. The quantitative estimate of drug-likeness (QED) is 0.704. The molecule has 1 heterocycles. The Morgan fingerprint density at radius 1 is 1.50 bits per heavy atom. The Morgan fingerprint density at radius 3 is 2.31 bits per heavy atom. The minimum absolute atomic E-state index is 0.299. The van der Waals surface area contributed by atoms with E-state index in [1.807, 2.05) is 13.8 Å². The number of aromatic nitrogens is 1. The van der Waals surface area contributed by atoms with Crippen molar-refractivity contribution in [3.05, 3.63) is 23.5 Å². The molecule has 0 spiro atoms. The molecular formula is C11H17NO4. The zero-order valence-corrected chi connectivity index (χ0v) is 9.64. The van der Waals surface area contributed by atoms with Gasteiger partial charge in [-0.2, -0.15) is 0 Å². The lowest BCUT2D eigenvalue weighted by atomic mass is 10.2. The Balaban J connectivity index is 0.000000325. The second-order valence-corrected chi connectivity index (χ2v) is 3.29. The molecule has 0 fully saturated rings. The van der Waals surface area contributed by atoms with Crippen molar-refractivity contribution in [2.45, 2.75) is 33.3 Å². The summed E-state index contributed by atoms with van der Waals surface area (Å²) in [6.45, 7) is 5.09. The molecule has 0 amide bonds. The van der Waals surface area contributed by atoms with Crippen LogP contribution in [0.2, 0.25) is 0 Å². The Bertz CT molecular complexity index is 350. The van der Waals surface area contributed by atoms with Crippen LogP contribution in [-0.2, 0) is 11.2 Å². The van der Waals surface area contributed by atoms with Crippen LogP contribution in [0.4, 0.5) is 0 Å². The predicted octanol–water partition coefficient (Wildman–Crippen LogP) is 1.11. The summed E-state index contributed by atoms with van der Waals surface area (Å²) in [4.78, 5) is 13.6. The van der Waals surface area contributed by atoms with Crippen molar-refractivity contribution in [2.24, 2.45) is 0 Å². The van der Waals surface area contributed by atoms with Gasteiger partial charge in [-0.25, -0.2) is 4.79 Å². The highest BCUT2D eigenvalue weighted by Gasteiger charge is 2.01. The molecule has 1 unspecified atom stereocenters. The molecular weight excluding hydrogens is 210 g/mol. The van der Waals surface area contributed by atoms with Gasteiger partial charge in [0.15, 0.2) is 0 Å². The predicted molar refractivity (Wildman–Crippen MR) is 59.3 cm³/mol. The van der Waals surface area contributed by atoms with Gasteiger partial charge < -0.3 is 15.3 Å². The van der Waals surface area contributed by atoms with Crippen LogP contribution in [0.3, 0.4) is 0 Å². The summed E-state index contributed by atoms with van der Waals surface area (Å²) >= 11 is 0. The third-order valence-electron chi connectivity index (χ3n) is 1.78. The van der Waals surface area contributed by atoms with Gasteiger partial charge in [0.25, 0.3) is 0 Å². The average Bonchev–Trinajstić information content (AvgIpc) is 2.22. The summed E-state index contributed by atoms with van der Waals surface area (Å²) < 4.78 is 0.